The summed E-state index contributed by atoms with van der Waals surface area (Å²) in [6, 6.07) is 8.77. The number of aryl methyl sites for hydroxylation is 3. The molecule has 1 nitrogen and oxygen atoms in total. The standard InChI is InChI=1S/C13H16NS/c1-10-7-11(2)14(12(3)8-10)9-13-5-4-6-15-13/h4-8H,9H2,1-3H3/q+1. The molecule has 0 aromatic carbocycles. The van der Waals surface area contributed by atoms with E-state index in [-0.39, 0.29) is 0 Å². The van der Waals surface area contributed by atoms with Crippen molar-refractivity contribution < 1.29 is 4.57 Å². The second kappa shape index (κ2) is 4.15. The van der Waals surface area contributed by atoms with Crippen molar-refractivity contribution in [3.8, 4) is 0 Å². The van der Waals surface area contributed by atoms with Crippen LogP contribution in [-0.4, -0.2) is 0 Å². The molecule has 0 atom stereocenters. The van der Waals surface area contributed by atoms with Crippen molar-refractivity contribution in [3.05, 3.63) is 51.5 Å². The summed E-state index contributed by atoms with van der Waals surface area (Å²) in [5, 5.41) is 2.13. The molecule has 0 aliphatic rings. The predicted molar refractivity (Wildman–Crippen MR) is 64.3 cm³/mol. The molecule has 15 heavy (non-hydrogen) atoms. The van der Waals surface area contributed by atoms with Crippen LogP contribution in [0.1, 0.15) is 21.8 Å². The van der Waals surface area contributed by atoms with Crippen LogP contribution in [0, 0.1) is 20.8 Å². The summed E-state index contributed by atoms with van der Waals surface area (Å²) in [4.78, 5) is 1.41. The monoisotopic (exact) mass is 218 g/mol. The quantitative estimate of drug-likeness (QED) is 0.682. The van der Waals surface area contributed by atoms with Crippen LogP contribution in [0.4, 0.5) is 0 Å². The highest BCUT2D eigenvalue weighted by molar-refractivity contribution is 7.09. The minimum absolute atomic E-state index is 0.996. The molecule has 0 saturated carbocycles. The first-order chi connectivity index (χ1) is 7.16. The van der Waals surface area contributed by atoms with E-state index in [4.69, 9.17) is 0 Å². The van der Waals surface area contributed by atoms with E-state index < -0.39 is 0 Å². The number of aromatic nitrogens is 1. The molecule has 0 unspecified atom stereocenters. The number of hydrogen-bond donors (Lipinski definition) is 0. The summed E-state index contributed by atoms with van der Waals surface area (Å²) < 4.78 is 2.36. The minimum Gasteiger partial charge on any atom is -0.195 e. The van der Waals surface area contributed by atoms with Gasteiger partial charge in [0.1, 0.15) is 0 Å². The number of hydrogen-bond acceptors (Lipinski definition) is 1. The van der Waals surface area contributed by atoms with Crippen LogP contribution in [0.5, 0.6) is 0 Å². The Kier molecular flexibility index (Phi) is 2.87. The maximum Gasteiger partial charge on any atom is 0.183 e. The van der Waals surface area contributed by atoms with Gasteiger partial charge >= 0.3 is 0 Å². The second-order valence-corrected chi connectivity index (χ2v) is 5.01. The third-order valence-electron chi connectivity index (χ3n) is 2.62. The summed E-state index contributed by atoms with van der Waals surface area (Å²) in [7, 11) is 0. The molecule has 0 spiro atoms. The molecule has 0 N–H and O–H groups in total. The fourth-order valence-electron chi connectivity index (χ4n) is 1.94. The first-order valence-electron chi connectivity index (χ1n) is 5.17. The second-order valence-electron chi connectivity index (χ2n) is 3.98. The number of pyridine rings is 1. The zero-order valence-corrected chi connectivity index (χ0v) is 10.3. The van der Waals surface area contributed by atoms with Gasteiger partial charge in [0.15, 0.2) is 17.9 Å². The third-order valence-corrected chi connectivity index (χ3v) is 3.48. The maximum absolute atomic E-state index is 2.36. The maximum atomic E-state index is 2.36. The van der Waals surface area contributed by atoms with Gasteiger partial charge in [0.25, 0.3) is 0 Å². The zero-order chi connectivity index (χ0) is 10.8. The van der Waals surface area contributed by atoms with Gasteiger partial charge in [-0.2, -0.15) is 4.57 Å². The molecular formula is C13H16NS+. The molecule has 0 aliphatic carbocycles. The summed E-state index contributed by atoms with van der Waals surface area (Å²) in [5.74, 6) is 0. The SMILES string of the molecule is Cc1cc(C)[n+](Cc2cccs2)c(C)c1. The van der Waals surface area contributed by atoms with Crippen molar-refractivity contribution in [2.24, 2.45) is 0 Å². The molecule has 2 heterocycles. The molecule has 0 saturated heterocycles. The highest BCUT2D eigenvalue weighted by Crippen LogP contribution is 2.09. The Morgan fingerprint density at radius 3 is 2.33 bits per heavy atom. The lowest BCUT2D eigenvalue weighted by Gasteiger charge is -2.04. The van der Waals surface area contributed by atoms with Gasteiger partial charge in [0, 0.05) is 26.0 Å². The Hall–Kier alpha value is -1.15. The largest absolute Gasteiger partial charge is 0.195 e. The summed E-state index contributed by atoms with van der Waals surface area (Å²) in [6.07, 6.45) is 0. The molecule has 2 aromatic rings. The Bertz CT molecular complexity index is 434. The van der Waals surface area contributed by atoms with Crippen molar-refractivity contribution >= 4 is 11.3 Å². The van der Waals surface area contributed by atoms with Crippen molar-refractivity contribution in [1.29, 1.82) is 0 Å². The molecule has 0 bridgehead atoms. The normalized spacial score (nSPS) is 10.6. The van der Waals surface area contributed by atoms with E-state index in [0.29, 0.717) is 0 Å². The average molecular weight is 218 g/mol. The smallest absolute Gasteiger partial charge is 0.183 e. The van der Waals surface area contributed by atoms with Crippen LogP contribution >= 0.6 is 11.3 Å². The Labute approximate surface area is 95.0 Å². The van der Waals surface area contributed by atoms with Gasteiger partial charge in [-0.05, 0) is 23.9 Å². The zero-order valence-electron chi connectivity index (χ0n) is 9.45. The number of thiophene rings is 1. The lowest BCUT2D eigenvalue weighted by molar-refractivity contribution is -0.699. The lowest BCUT2D eigenvalue weighted by atomic mass is 10.2. The summed E-state index contributed by atoms with van der Waals surface area (Å²) in [6.45, 7) is 7.49. The lowest BCUT2D eigenvalue weighted by Crippen LogP contribution is -2.40. The molecule has 0 aliphatic heterocycles. The molecule has 2 rings (SSSR count). The Balaban J connectivity index is 2.36. The van der Waals surface area contributed by atoms with E-state index in [0.717, 1.165) is 6.54 Å². The van der Waals surface area contributed by atoms with Gasteiger partial charge in [0.05, 0.1) is 4.88 Å². The number of rotatable bonds is 2. The average Bonchev–Trinajstić information content (AvgIpc) is 2.63. The van der Waals surface area contributed by atoms with Crippen molar-refractivity contribution in [2.75, 3.05) is 0 Å². The van der Waals surface area contributed by atoms with Crippen molar-refractivity contribution in [2.45, 2.75) is 27.3 Å². The van der Waals surface area contributed by atoms with E-state index in [1.165, 1.54) is 21.8 Å². The third kappa shape index (κ3) is 2.26. The van der Waals surface area contributed by atoms with E-state index in [2.05, 4.69) is 55.0 Å². The fourth-order valence-corrected chi connectivity index (χ4v) is 2.64. The first kappa shape index (κ1) is 10.4. The van der Waals surface area contributed by atoms with E-state index >= 15 is 0 Å². The van der Waals surface area contributed by atoms with Crippen LogP contribution in [-0.2, 0) is 6.54 Å². The first-order valence-corrected chi connectivity index (χ1v) is 6.05. The highest BCUT2D eigenvalue weighted by atomic mass is 32.1. The molecule has 0 fully saturated rings. The van der Waals surface area contributed by atoms with E-state index in [1.54, 1.807) is 0 Å². The molecule has 0 radical (unpaired) electrons. The fraction of sp³-hybridized carbons (Fsp3) is 0.308. The topological polar surface area (TPSA) is 3.88 Å². The van der Waals surface area contributed by atoms with Gasteiger partial charge in [-0.1, -0.05) is 6.07 Å². The van der Waals surface area contributed by atoms with Crippen LogP contribution in [0.15, 0.2) is 29.6 Å². The van der Waals surface area contributed by atoms with Gasteiger partial charge in [-0.3, -0.25) is 0 Å². The van der Waals surface area contributed by atoms with Crippen LogP contribution in [0.3, 0.4) is 0 Å². The van der Waals surface area contributed by atoms with Crippen LogP contribution in [0.2, 0.25) is 0 Å². The van der Waals surface area contributed by atoms with Crippen molar-refractivity contribution in [3.63, 3.8) is 0 Å². The highest BCUT2D eigenvalue weighted by Gasteiger charge is 2.12. The van der Waals surface area contributed by atoms with Crippen LogP contribution in [0.25, 0.3) is 0 Å². The van der Waals surface area contributed by atoms with E-state index in [1.807, 2.05) is 11.3 Å². The van der Waals surface area contributed by atoms with Gasteiger partial charge in [-0.25, -0.2) is 0 Å². The molecular weight excluding hydrogens is 202 g/mol. The molecule has 0 amide bonds. The Morgan fingerprint density at radius 1 is 1.13 bits per heavy atom. The molecule has 2 aromatic heterocycles. The van der Waals surface area contributed by atoms with Crippen LogP contribution < -0.4 is 4.57 Å². The minimum atomic E-state index is 0.996. The van der Waals surface area contributed by atoms with Gasteiger partial charge < -0.3 is 0 Å². The van der Waals surface area contributed by atoms with Gasteiger partial charge in [0.2, 0.25) is 0 Å². The summed E-state index contributed by atoms with van der Waals surface area (Å²) >= 11 is 1.82. The Morgan fingerprint density at radius 2 is 1.80 bits per heavy atom. The predicted octanol–water partition coefficient (Wildman–Crippen LogP) is 3.01. The van der Waals surface area contributed by atoms with E-state index in [9.17, 15) is 0 Å². The van der Waals surface area contributed by atoms with Crippen molar-refractivity contribution in [1.82, 2.24) is 0 Å². The molecule has 2 heteroatoms. The number of nitrogens with zero attached hydrogens (tertiary/aromatic N) is 1. The molecule has 78 valence electrons. The van der Waals surface area contributed by atoms with Gasteiger partial charge in [-0.15, -0.1) is 11.3 Å². The summed E-state index contributed by atoms with van der Waals surface area (Å²) in [5.41, 5.74) is 4.01.